The molecular weight excluding hydrogens is 793 g/mol. The second-order valence-electron chi connectivity index (χ2n) is 19.2. The van der Waals surface area contributed by atoms with Gasteiger partial charge in [-0.2, -0.15) is 0 Å². The SMILES string of the molecule is CCCCCCCCC/C=C\CCCCCCCC(=O)OC(COC(=O)CCCCCCC/C=C\CCCCCCCCCCC)COC(=O)CCCCCCCCCCCCCC. The van der Waals surface area contributed by atoms with Gasteiger partial charge in [0.05, 0.1) is 0 Å². The molecule has 6 heteroatoms. The van der Waals surface area contributed by atoms with E-state index in [1.807, 2.05) is 0 Å². The lowest BCUT2D eigenvalue weighted by atomic mass is 10.0. The third-order valence-electron chi connectivity index (χ3n) is 12.7. The Morgan fingerprint density at radius 1 is 0.297 bits per heavy atom. The number of hydrogen-bond acceptors (Lipinski definition) is 6. The number of carbonyl (C=O) groups is 3. The van der Waals surface area contributed by atoms with Gasteiger partial charge in [0.2, 0.25) is 0 Å². The Kier molecular flexibility index (Phi) is 51.7. The van der Waals surface area contributed by atoms with Crippen LogP contribution < -0.4 is 0 Å². The van der Waals surface area contributed by atoms with Crippen molar-refractivity contribution in [1.82, 2.24) is 0 Å². The zero-order chi connectivity index (χ0) is 46.5. The molecule has 0 aliphatic carbocycles. The van der Waals surface area contributed by atoms with Crippen LogP contribution in [0, 0.1) is 0 Å². The molecular formula is C58H108O6. The summed E-state index contributed by atoms with van der Waals surface area (Å²) in [5, 5.41) is 0. The predicted octanol–water partition coefficient (Wildman–Crippen LogP) is 18.7. The number of ether oxygens (including phenoxy) is 3. The van der Waals surface area contributed by atoms with Crippen molar-refractivity contribution in [3.63, 3.8) is 0 Å². The lowest BCUT2D eigenvalue weighted by Crippen LogP contribution is -2.30. The summed E-state index contributed by atoms with van der Waals surface area (Å²) in [5.41, 5.74) is 0. The second kappa shape index (κ2) is 53.5. The van der Waals surface area contributed by atoms with Gasteiger partial charge < -0.3 is 14.2 Å². The molecule has 1 unspecified atom stereocenters. The first-order valence-corrected chi connectivity index (χ1v) is 28.3. The summed E-state index contributed by atoms with van der Waals surface area (Å²) in [6.45, 7) is 6.66. The number of esters is 3. The van der Waals surface area contributed by atoms with Gasteiger partial charge >= 0.3 is 17.9 Å². The zero-order valence-electron chi connectivity index (χ0n) is 43.1. The minimum Gasteiger partial charge on any atom is -0.462 e. The molecule has 0 aromatic heterocycles. The lowest BCUT2D eigenvalue weighted by Gasteiger charge is -2.18. The van der Waals surface area contributed by atoms with Crippen LogP contribution in [0.2, 0.25) is 0 Å². The van der Waals surface area contributed by atoms with Crippen LogP contribution in [0.4, 0.5) is 0 Å². The monoisotopic (exact) mass is 901 g/mol. The molecule has 0 bridgehead atoms. The number of carbonyl (C=O) groups excluding carboxylic acids is 3. The highest BCUT2D eigenvalue weighted by atomic mass is 16.6. The van der Waals surface area contributed by atoms with Crippen LogP contribution in [0.5, 0.6) is 0 Å². The Morgan fingerprint density at radius 2 is 0.516 bits per heavy atom. The average molecular weight is 901 g/mol. The van der Waals surface area contributed by atoms with E-state index in [2.05, 4.69) is 45.1 Å². The summed E-state index contributed by atoms with van der Waals surface area (Å²) in [6.07, 6.45) is 61.6. The van der Waals surface area contributed by atoms with Crippen LogP contribution in [-0.2, 0) is 28.6 Å². The third-order valence-corrected chi connectivity index (χ3v) is 12.7. The Labute approximate surface area is 398 Å². The van der Waals surface area contributed by atoms with Crippen LogP contribution in [0.3, 0.4) is 0 Å². The molecule has 0 N–H and O–H groups in total. The van der Waals surface area contributed by atoms with Gasteiger partial charge in [-0.05, 0) is 70.6 Å². The summed E-state index contributed by atoms with van der Waals surface area (Å²) in [5.74, 6) is -0.873. The fraction of sp³-hybridized carbons (Fsp3) is 0.879. The van der Waals surface area contributed by atoms with E-state index in [0.29, 0.717) is 19.3 Å². The van der Waals surface area contributed by atoms with E-state index in [-0.39, 0.29) is 31.1 Å². The van der Waals surface area contributed by atoms with E-state index in [1.165, 1.54) is 199 Å². The van der Waals surface area contributed by atoms with Crippen LogP contribution in [0.1, 0.15) is 310 Å². The van der Waals surface area contributed by atoms with Crippen molar-refractivity contribution in [2.75, 3.05) is 13.2 Å². The van der Waals surface area contributed by atoms with Crippen molar-refractivity contribution in [2.45, 2.75) is 316 Å². The minimum absolute atomic E-state index is 0.0732. The molecule has 0 radical (unpaired) electrons. The largest absolute Gasteiger partial charge is 0.462 e. The maximum atomic E-state index is 12.8. The molecule has 6 nitrogen and oxygen atoms in total. The molecule has 0 saturated carbocycles. The summed E-state index contributed by atoms with van der Waals surface area (Å²) >= 11 is 0. The molecule has 376 valence electrons. The molecule has 0 fully saturated rings. The highest BCUT2D eigenvalue weighted by Gasteiger charge is 2.19. The van der Waals surface area contributed by atoms with E-state index >= 15 is 0 Å². The van der Waals surface area contributed by atoms with Crippen molar-refractivity contribution in [3.8, 4) is 0 Å². The Morgan fingerprint density at radius 3 is 0.781 bits per heavy atom. The third kappa shape index (κ3) is 50.9. The minimum atomic E-state index is -0.774. The van der Waals surface area contributed by atoms with Crippen molar-refractivity contribution in [1.29, 1.82) is 0 Å². The number of hydrogen-bond donors (Lipinski definition) is 0. The van der Waals surface area contributed by atoms with E-state index < -0.39 is 6.10 Å². The fourth-order valence-corrected chi connectivity index (χ4v) is 8.37. The number of rotatable bonds is 52. The normalized spacial score (nSPS) is 12.1. The van der Waals surface area contributed by atoms with Crippen molar-refractivity contribution in [3.05, 3.63) is 24.3 Å². The summed E-state index contributed by atoms with van der Waals surface area (Å²) in [6, 6.07) is 0. The predicted molar refractivity (Wildman–Crippen MR) is 275 cm³/mol. The lowest BCUT2D eigenvalue weighted by molar-refractivity contribution is -0.167. The van der Waals surface area contributed by atoms with Crippen molar-refractivity contribution in [2.24, 2.45) is 0 Å². The summed E-state index contributed by atoms with van der Waals surface area (Å²) in [4.78, 5) is 38.1. The van der Waals surface area contributed by atoms with Crippen molar-refractivity contribution < 1.29 is 28.6 Å². The summed E-state index contributed by atoms with van der Waals surface area (Å²) in [7, 11) is 0. The standard InChI is InChI=1S/C58H108O6/c1-4-7-10-13-16-19-22-25-27-29-30-32-33-36-39-42-45-48-51-57(60)63-54-55(53-62-56(59)50-47-44-41-38-35-24-21-18-15-12-9-6-3)64-58(61)52-49-46-43-40-37-34-31-28-26-23-20-17-14-11-8-5-2/h28,30-32,55H,4-27,29,33-54H2,1-3H3/b31-28-,32-30-. The molecule has 1 atom stereocenters. The molecule has 0 heterocycles. The smallest absolute Gasteiger partial charge is 0.306 e. The number of unbranched alkanes of at least 4 members (excludes halogenated alkanes) is 37. The molecule has 0 aromatic rings. The van der Waals surface area contributed by atoms with E-state index in [4.69, 9.17) is 14.2 Å². The van der Waals surface area contributed by atoms with Crippen LogP contribution in [0.15, 0.2) is 24.3 Å². The van der Waals surface area contributed by atoms with Crippen LogP contribution in [0.25, 0.3) is 0 Å². The maximum Gasteiger partial charge on any atom is 0.306 e. The molecule has 64 heavy (non-hydrogen) atoms. The fourth-order valence-electron chi connectivity index (χ4n) is 8.37. The molecule has 0 rings (SSSR count). The van der Waals surface area contributed by atoms with Gasteiger partial charge in [-0.15, -0.1) is 0 Å². The molecule has 0 aromatic carbocycles. The van der Waals surface area contributed by atoms with E-state index in [9.17, 15) is 14.4 Å². The van der Waals surface area contributed by atoms with Crippen molar-refractivity contribution >= 4 is 17.9 Å². The molecule has 0 amide bonds. The quantitative estimate of drug-likeness (QED) is 0.0262. The van der Waals surface area contributed by atoms with Gasteiger partial charge in [0, 0.05) is 19.3 Å². The number of allylic oxidation sites excluding steroid dienone is 4. The highest BCUT2D eigenvalue weighted by Crippen LogP contribution is 2.16. The van der Waals surface area contributed by atoms with E-state index in [1.54, 1.807) is 0 Å². The second-order valence-corrected chi connectivity index (χ2v) is 19.2. The van der Waals surface area contributed by atoms with Gasteiger partial charge in [0.1, 0.15) is 13.2 Å². The molecule has 0 spiro atoms. The Balaban J connectivity index is 4.34. The van der Waals surface area contributed by atoms with Crippen LogP contribution in [-0.4, -0.2) is 37.2 Å². The topological polar surface area (TPSA) is 78.9 Å². The molecule has 0 saturated heterocycles. The first-order valence-electron chi connectivity index (χ1n) is 28.3. The maximum absolute atomic E-state index is 12.8. The van der Waals surface area contributed by atoms with Crippen LogP contribution >= 0.6 is 0 Å². The average Bonchev–Trinajstić information content (AvgIpc) is 3.29. The summed E-state index contributed by atoms with van der Waals surface area (Å²) < 4.78 is 16.8. The van der Waals surface area contributed by atoms with Gasteiger partial charge in [0.15, 0.2) is 6.10 Å². The van der Waals surface area contributed by atoms with Gasteiger partial charge in [-0.1, -0.05) is 244 Å². The molecule has 0 aliphatic heterocycles. The first kappa shape index (κ1) is 61.9. The van der Waals surface area contributed by atoms with Gasteiger partial charge in [0.25, 0.3) is 0 Å². The van der Waals surface area contributed by atoms with Gasteiger partial charge in [-0.3, -0.25) is 14.4 Å². The Bertz CT molecular complexity index is 1040. The van der Waals surface area contributed by atoms with Gasteiger partial charge in [-0.25, -0.2) is 0 Å². The van der Waals surface area contributed by atoms with E-state index in [0.717, 1.165) is 70.6 Å². The highest BCUT2D eigenvalue weighted by molar-refractivity contribution is 5.71. The zero-order valence-corrected chi connectivity index (χ0v) is 43.1. The molecule has 0 aliphatic rings. The Hall–Kier alpha value is -2.11. The first-order chi connectivity index (χ1) is 31.5.